The van der Waals surface area contributed by atoms with Crippen molar-refractivity contribution in [3.63, 3.8) is 0 Å². The lowest BCUT2D eigenvalue weighted by Crippen LogP contribution is -2.40. The first-order valence-electron chi connectivity index (χ1n) is 8.15. The number of thioether (sulfide) groups is 1. The minimum Gasteiger partial charge on any atom is -0.505 e. The number of hydrogen-bond acceptors (Lipinski definition) is 9. The molecule has 3 aromatic rings. The number of carbonyl (C=O) groups is 1. The molecule has 3 N–H and O–H groups in total. The molecule has 4 rings (SSSR count). The van der Waals surface area contributed by atoms with Crippen LogP contribution in [0, 0.1) is 0 Å². The van der Waals surface area contributed by atoms with Crippen molar-refractivity contribution >= 4 is 67.5 Å². The summed E-state index contributed by atoms with van der Waals surface area (Å²) >= 11 is 14.7. The van der Waals surface area contributed by atoms with Gasteiger partial charge in [-0.25, -0.2) is 9.78 Å². The lowest BCUT2D eigenvalue weighted by molar-refractivity contribution is -0.147. The van der Waals surface area contributed by atoms with Gasteiger partial charge in [0.05, 0.1) is 15.2 Å². The summed E-state index contributed by atoms with van der Waals surface area (Å²) in [6, 6.07) is 2.98. The molecule has 0 bridgehead atoms. The fourth-order valence-electron chi connectivity index (χ4n) is 2.75. The number of hydrogen-bond donors (Lipinski definition) is 3. The molecule has 1 aromatic carbocycles. The molecule has 152 valence electrons. The molecule has 0 radical (unpaired) electrons. The number of nitrogens with zero attached hydrogens (tertiary/aromatic N) is 3. The van der Waals surface area contributed by atoms with Crippen molar-refractivity contribution < 1.29 is 25.0 Å². The summed E-state index contributed by atoms with van der Waals surface area (Å²) in [5.41, 5.74) is 0.507. The number of phenolic OH excluding ortho intramolecular Hbond substituents is 1. The van der Waals surface area contributed by atoms with Crippen LogP contribution >= 0.6 is 46.3 Å². The van der Waals surface area contributed by atoms with E-state index in [9.17, 15) is 20.1 Å². The Bertz CT molecular complexity index is 1170. The number of carbonyl (C=O) groups excluding carboxylic acids is 1. The third kappa shape index (κ3) is 3.39. The Balaban J connectivity index is 1.68. The number of aliphatic imine (C=N–C) groups is 1. The second-order valence-electron chi connectivity index (χ2n) is 6.68. The standard InChI is InChI=1S/C17H13Cl2N3O5S2/c1-17(2)13(16(26)27-22-8(23)3-4-9(22)24)21-15(29-17)14-20-7-5-6(18)11(25)10(19)12(7)28-14/h3-5,13,23-25H,1-2H3. The van der Waals surface area contributed by atoms with E-state index in [1.165, 1.54) is 41.3 Å². The Hall–Kier alpha value is -2.14. The predicted octanol–water partition coefficient (Wildman–Crippen LogP) is 3.82. The predicted molar refractivity (Wildman–Crippen MR) is 113 cm³/mol. The molecule has 0 saturated carbocycles. The first-order chi connectivity index (χ1) is 13.6. The molecule has 1 unspecified atom stereocenters. The van der Waals surface area contributed by atoms with Gasteiger partial charge in [-0.2, -0.15) is 0 Å². The highest BCUT2D eigenvalue weighted by Crippen LogP contribution is 2.45. The van der Waals surface area contributed by atoms with Crippen molar-refractivity contribution in [1.82, 2.24) is 9.71 Å². The van der Waals surface area contributed by atoms with Crippen molar-refractivity contribution in [3.05, 3.63) is 33.3 Å². The summed E-state index contributed by atoms with van der Waals surface area (Å²) < 4.78 is 0.503. The highest BCUT2D eigenvalue weighted by Gasteiger charge is 2.45. The third-order valence-corrected chi connectivity index (χ3v) is 7.43. The van der Waals surface area contributed by atoms with Gasteiger partial charge in [0.1, 0.15) is 15.1 Å². The van der Waals surface area contributed by atoms with Gasteiger partial charge >= 0.3 is 5.97 Å². The van der Waals surface area contributed by atoms with Gasteiger partial charge in [0, 0.05) is 16.9 Å². The van der Waals surface area contributed by atoms with Crippen molar-refractivity contribution in [3.8, 4) is 17.5 Å². The quantitative estimate of drug-likeness (QED) is 0.528. The molecule has 1 aliphatic heterocycles. The highest BCUT2D eigenvalue weighted by atomic mass is 35.5. The summed E-state index contributed by atoms with van der Waals surface area (Å²) in [5, 5.41) is 30.5. The van der Waals surface area contributed by atoms with Crippen LogP contribution in [-0.4, -0.2) is 46.8 Å². The lowest BCUT2D eigenvalue weighted by Gasteiger charge is -2.22. The van der Waals surface area contributed by atoms with E-state index in [4.69, 9.17) is 28.0 Å². The first kappa shape index (κ1) is 20.1. The van der Waals surface area contributed by atoms with Gasteiger partial charge in [0.15, 0.2) is 11.8 Å². The fraction of sp³-hybridized carbons (Fsp3) is 0.235. The van der Waals surface area contributed by atoms with Crippen LogP contribution in [0.5, 0.6) is 17.5 Å². The molecule has 0 aliphatic carbocycles. The molecule has 3 heterocycles. The highest BCUT2D eigenvalue weighted by molar-refractivity contribution is 8.16. The zero-order valence-corrected chi connectivity index (χ0v) is 18.0. The molecule has 0 amide bonds. The van der Waals surface area contributed by atoms with Crippen LogP contribution in [0.2, 0.25) is 10.0 Å². The lowest BCUT2D eigenvalue weighted by atomic mass is 10.0. The smallest absolute Gasteiger partial charge is 0.358 e. The summed E-state index contributed by atoms with van der Waals surface area (Å²) in [6.07, 6.45) is 0. The SMILES string of the molecule is CC1(C)SC(c2nc3cc(Cl)c(O)c(Cl)c3s2)=NC1C(=O)On1c(O)ccc1O. The Kier molecular flexibility index (Phi) is 4.85. The zero-order valence-electron chi connectivity index (χ0n) is 14.9. The van der Waals surface area contributed by atoms with E-state index in [2.05, 4.69) is 9.98 Å². The van der Waals surface area contributed by atoms with Crippen LogP contribution in [0.1, 0.15) is 18.9 Å². The van der Waals surface area contributed by atoms with Crippen LogP contribution < -0.4 is 4.84 Å². The minimum atomic E-state index is -0.914. The zero-order chi connectivity index (χ0) is 21.1. The molecule has 1 aliphatic rings. The van der Waals surface area contributed by atoms with Gasteiger partial charge in [0.2, 0.25) is 11.8 Å². The van der Waals surface area contributed by atoms with Crippen LogP contribution in [0.25, 0.3) is 10.2 Å². The minimum absolute atomic E-state index is 0.0912. The average molecular weight is 474 g/mol. The second-order valence-corrected chi connectivity index (χ2v) is 10.1. The summed E-state index contributed by atoms with van der Waals surface area (Å²) in [4.78, 5) is 26.7. The molecular weight excluding hydrogens is 461 g/mol. The average Bonchev–Trinajstić information content (AvgIpc) is 3.30. The summed E-state index contributed by atoms with van der Waals surface area (Å²) in [5.74, 6) is -1.80. The van der Waals surface area contributed by atoms with E-state index in [0.717, 1.165) is 0 Å². The second kappa shape index (κ2) is 6.98. The van der Waals surface area contributed by atoms with E-state index < -0.39 is 28.5 Å². The van der Waals surface area contributed by atoms with Crippen LogP contribution in [0.4, 0.5) is 0 Å². The third-order valence-electron chi connectivity index (χ3n) is 4.20. The van der Waals surface area contributed by atoms with Crippen molar-refractivity contribution in [2.45, 2.75) is 24.6 Å². The van der Waals surface area contributed by atoms with E-state index in [1.54, 1.807) is 0 Å². The maximum Gasteiger partial charge on any atom is 0.358 e. The number of thiazole rings is 1. The number of rotatable bonds is 3. The van der Waals surface area contributed by atoms with Gasteiger partial charge in [0.25, 0.3) is 0 Å². The summed E-state index contributed by atoms with van der Waals surface area (Å²) in [7, 11) is 0. The molecule has 2 aromatic heterocycles. The van der Waals surface area contributed by atoms with Gasteiger partial charge < -0.3 is 20.2 Å². The number of phenols is 1. The number of aromatic nitrogens is 2. The van der Waals surface area contributed by atoms with E-state index in [-0.39, 0.29) is 15.8 Å². The van der Waals surface area contributed by atoms with Crippen LogP contribution in [-0.2, 0) is 4.79 Å². The molecule has 0 saturated heterocycles. The largest absolute Gasteiger partial charge is 0.505 e. The Labute approximate surface area is 182 Å². The number of aromatic hydroxyl groups is 3. The molecular formula is C17H13Cl2N3O5S2. The Morgan fingerprint density at radius 2 is 1.90 bits per heavy atom. The molecule has 1 atom stereocenters. The normalized spacial score (nSPS) is 18.2. The van der Waals surface area contributed by atoms with Crippen molar-refractivity contribution in [1.29, 1.82) is 0 Å². The molecule has 29 heavy (non-hydrogen) atoms. The number of fused-ring (bicyclic) bond motifs is 1. The maximum absolute atomic E-state index is 12.7. The van der Waals surface area contributed by atoms with Gasteiger partial charge in [-0.1, -0.05) is 35.0 Å². The van der Waals surface area contributed by atoms with E-state index in [1.807, 2.05) is 13.8 Å². The van der Waals surface area contributed by atoms with Crippen LogP contribution in [0.15, 0.2) is 23.2 Å². The number of benzene rings is 1. The summed E-state index contributed by atoms with van der Waals surface area (Å²) in [6.45, 7) is 3.64. The fourth-order valence-corrected chi connectivity index (χ4v) is 5.49. The van der Waals surface area contributed by atoms with Gasteiger partial charge in [-0.05, 0) is 19.9 Å². The molecule has 0 spiro atoms. The van der Waals surface area contributed by atoms with Crippen molar-refractivity contribution in [2.24, 2.45) is 4.99 Å². The number of halogens is 2. The molecule has 0 fully saturated rings. The molecule has 12 heteroatoms. The Morgan fingerprint density at radius 1 is 1.24 bits per heavy atom. The van der Waals surface area contributed by atoms with E-state index >= 15 is 0 Å². The maximum atomic E-state index is 12.7. The topological polar surface area (TPSA) is 117 Å². The van der Waals surface area contributed by atoms with Crippen molar-refractivity contribution in [2.75, 3.05) is 0 Å². The van der Waals surface area contributed by atoms with E-state index in [0.29, 0.717) is 25.0 Å². The first-order valence-corrected chi connectivity index (χ1v) is 10.5. The Morgan fingerprint density at radius 3 is 2.55 bits per heavy atom. The van der Waals surface area contributed by atoms with Gasteiger partial charge in [-0.15, -0.1) is 16.1 Å². The van der Waals surface area contributed by atoms with Gasteiger partial charge in [-0.3, -0.25) is 4.99 Å². The monoisotopic (exact) mass is 473 g/mol. The van der Waals surface area contributed by atoms with Crippen LogP contribution in [0.3, 0.4) is 0 Å². The molecule has 8 nitrogen and oxygen atoms in total.